The molecule has 0 aliphatic carbocycles. The quantitative estimate of drug-likeness (QED) is 0.331. The van der Waals surface area contributed by atoms with Gasteiger partial charge in [-0.3, -0.25) is 4.79 Å². The molecule has 0 spiro atoms. The van der Waals surface area contributed by atoms with Crippen molar-refractivity contribution in [1.82, 2.24) is 0 Å². The van der Waals surface area contributed by atoms with Gasteiger partial charge in [0, 0.05) is 12.8 Å². The van der Waals surface area contributed by atoms with E-state index >= 15 is 0 Å². The van der Waals surface area contributed by atoms with Crippen molar-refractivity contribution in [3.63, 3.8) is 0 Å². The number of terminal acetylenes is 1. The summed E-state index contributed by atoms with van der Waals surface area (Å²) in [6.07, 6.45) is 11.3. The molecule has 90 valence electrons. The monoisotopic (exact) mass is 236 g/mol. The second-order valence-corrected chi connectivity index (χ2v) is 3.84. The van der Waals surface area contributed by atoms with Crippen molar-refractivity contribution in [2.75, 3.05) is 0 Å². The van der Waals surface area contributed by atoms with E-state index in [1.807, 2.05) is 30.3 Å². The smallest absolute Gasteiger partial charge is 0.158 e. The second-order valence-electron chi connectivity index (χ2n) is 3.84. The van der Waals surface area contributed by atoms with Gasteiger partial charge in [0.1, 0.15) is 0 Å². The van der Waals surface area contributed by atoms with Gasteiger partial charge in [-0.05, 0) is 24.5 Å². The number of hydrogen-bond acceptors (Lipinski definition) is 1. The first kappa shape index (κ1) is 13.8. The lowest BCUT2D eigenvalue weighted by molar-refractivity contribution is -0.104. The maximum Gasteiger partial charge on any atom is 0.158 e. The Bertz CT molecular complexity index is 492. The van der Waals surface area contributed by atoms with Gasteiger partial charge in [0.15, 0.2) is 6.29 Å². The minimum absolute atomic E-state index is 0.512. The van der Waals surface area contributed by atoms with Gasteiger partial charge >= 0.3 is 0 Å². The van der Waals surface area contributed by atoms with Gasteiger partial charge in [0.25, 0.3) is 0 Å². The molecule has 0 aromatic heterocycles. The van der Waals surface area contributed by atoms with Crippen molar-refractivity contribution in [3.8, 4) is 24.2 Å². The summed E-state index contributed by atoms with van der Waals surface area (Å²) < 4.78 is 0. The molecule has 1 heteroatoms. The molecule has 0 bridgehead atoms. The highest BCUT2D eigenvalue weighted by Gasteiger charge is 1.90. The maximum absolute atomic E-state index is 10.9. The van der Waals surface area contributed by atoms with E-state index in [-0.39, 0.29) is 0 Å². The predicted octanol–water partition coefficient (Wildman–Crippen LogP) is 3.47. The van der Waals surface area contributed by atoms with Crippen molar-refractivity contribution in [1.29, 1.82) is 0 Å². The Hall–Kier alpha value is -2.25. The van der Waals surface area contributed by atoms with Crippen LogP contribution < -0.4 is 0 Å². The van der Waals surface area contributed by atoms with Crippen molar-refractivity contribution in [3.05, 3.63) is 41.5 Å². The number of allylic oxidation sites excluding steroid dienone is 1. The van der Waals surface area contributed by atoms with Crippen LogP contribution in [0.5, 0.6) is 0 Å². The maximum atomic E-state index is 10.9. The molecule has 0 fully saturated rings. The van der Waals surface area contributed by atoms with Gasteiger partial charge in [-0.2, -0.15) is 0 Å². The first-order valence-corrected chi connectivity index (χ1v) is 6.01. The molecule has 1 aromatic rings. The van der Waals surface area contributed by atoms with Crippen molar-refractivity contribution in [2.24, 2.45) is 0 Å². The summed E-state index contributed by atoms with van der Waals surface area (Å²) >= 11 is 0. The van der Waals surface area contributed by atoms with E-state index in [0.29, 0.717) is 5.57 Å². The average Bonchev–Trinajstić information content (AvgIpc) is 2.42. The van der Waals surface area contributed by atoms with E-state index < -0.39 is 0 Å². The van der Waals surface area contributed by atoms with Crippen molar-refractivity contribution < 1.29 is 4.79 Å². The summed E-state index contributed by atoms with van der Waals surface area (Å²) in [6.45, 7) is 0. The lowest BCUT2D eigenvalue weighted by Gasteiger charge is -1.92. The lowest BCUT2D eigenvalue weighted by atomic mass is 10.1. The van der Waals surface area contributed by atoms with Crippen LogP contribution in [-0.4, -0.2) is 6.29 Å². The summed E-state index contributed by atoms with van der Waals surface area (Å²) in [5.74, 6) is 8.48. The Morgan fingerprint density at radius 1 is 1.17 bits per heavy atom. The summed E-state index contributed by atoms with van der Waals surface area (Å²) in [7, 11) is 0. The van der Waals surface area contributed by atoms with E-state index in [9.17, 15) is 4.79 Å². The van der Waals surface area contributed by atoms with Gasteiger partial charge in [0.05, 0.1) is 5.57 Å². The van der Waals surface area contributed by atoms with Crippen LogP contribution in [0.3, 0.4) is 0 Å². The molecule has 18 heavy (non-hydrogen) atoms. The normalized spacial score (nSPS) is 10.1. The fraction of sp³-hybridized carbons (Fsp3) is 0.235. The van der Waals surface area contributed by atoms with Crippen molar-refractivity contribution in [2.45, 2.75) is 25.7 Å². The van der Waals surface area contributed by atoms with Gasteiger partial charge in [0.2, 0.25) is 0 Å². The van der Waals surface area contributed by atoms with Gasteiger partial charge < -0.3 is 0 Å². The van der Waals surface area contributed by atoms with Crippen molar-refractivity contribution >= 4 is 12.4 Å². The Morgan fingerprint density at radius 2 is 1.89 bits per heavy atom. The fourth-order valence-electron chi connectivity index (χ4n) is 1.43. The highest BCUT2D eigenvalue weighted by Crippen LogP contribution is 2.04. The second kappa shape index (κ2) is 8.85. The van der Waals surface area contributed by atoms with Crippen LogP contribution in [0.25, 0.3) is 6.08 Å². The zero-order valence-corrected chi connectivity index (χ0v) is 10.4. The molecular weight excluding hydrogens is 220 g/mol. The van der Waals surface area contributed by atoms with Crippen LogP contribution in [0.15, 0.2) is 35.9 Å². The van der Waals surface area contributed by atoms with E-state index in [4.69, 9.17) is 6.42 Å². The highest BCUT2D eigenvalue weighted by molar-refractivity contribution is 5.87. The molecule has 0 N–H and O–H groups in total. The summed E-state index contributed by atoms with van der Waals surface area (Å²) in [5, 5.41) is 0. The third-order valence-electron chi connectivity index (χ3n) is 2.35. The van der Waals surface area contributed by atoms with E-state index in [1.165, 1.54) is 0 Å². The molecular formula is C17H16O. The van der Waals surface area contributed by atoms with Crippen LogP contribution in [0.4, 0.5) is 0 Å². The van der Waals surface area contributed by atoms with Gasteiger partial charge in [-0.1, -0.05) is 42.2 Å². The molecule has 0 aliphatic heterocycles. The van der Waals surface area contributed by atoms with Gasteiger partial charge in [-0.25, -0.2) is 0 Å². The third-order valence-corrected chi connectivity index (χ3v) is 2.35. The van der Waals surface area contributed by atoms with E-state index in [2.05, 4.69) is 17.8 Å². The standard InChI is InChI=1S/C17H16O/c1-2-3-4-5-6-8-13-17(15-18)14-16-11-9-7-10-12-16/h1,7,9-12,14-15H,3-6H2/b17-14-. The minimum Gasteiger partial charge on any atom is -0.297 e. The molecule has 0 atom stereocenters. The highest BCUT2D eigenvalue weighted by atomic mass is 16.1. The molecule has 0 saturated carbocycles. The Balaban J connectivity index is 2.53. The summed E-state index contributed by atoms with van der Waals surface area (Å²) in [6, 6.07) is 9.69. The lowest BCUT2D eigenvalue weighted by Crippen LogP contribution is -1.81. The molecule has 0 unspecified atom stereocenters. The Kier molecular flexibility index (Phi) is 6.79. The molecule has 0 amide bonds. The molecule has 0 saturated heterocycles. The molecule has 1 nitrogen and oxygen atoms in total. The summed E-state index contributed by atoms with van der Waals surface area (Å²) in [4.78, 5) is 10.9. The molecule has 0 heterocycles. The molecule has 1 aromatic carbocycles. The largest absolute Gasteiger partial charge is 0.297 e. The predicted molar refractivity (Wildman–Crippen MR) is 75.6 cm³/mol. The van der Waals surface area contributed by atoms with E-state index in [1.54, 1.807) is 6.08 Å². The minimum atomic E-state index is 0.512. The third kappa shape index (κ3) is 5.73. The number of unbranched alkanes of at least 4 members (excludes halogenated alkanes) is 3. The van der Waals surface area contributed by atoms with Crippen LogP contribution in [0.1, 0.15) is 31.2 Å². The molecule has 1 rings (SSSR count). The average molecular weight is 236 g/mol. The van der Waals surface area contributed by atoms with Crippen LogP contribution in [0.2, 0.25) is 0 Å². The summed E-state index contributed by atoms with van der Waals surface area (Å²) in [5.41, 5.74) is 1.50. The van der Waals surface area contributed by atoms with Crippen LogP contribution in [0, 0.1) is 24.2 Å². The molecule has 0 radical (unpaired) electrons. The SMILES string of the molecule is C#CCCCCC#C/C(C=O)=C/c1ccccc1. The number of rotatable bonds is 5. The zero-order valence-electron chi connectivity index (χ0n) is 10.4. The number of benzene rings is 1. The fourth-order valence-corrected chi connectivity index (χ4v) is 1.43. The first-order chi connectivity index (χ1) is 8.86. The number of carbonyl (C=O) groups is 1. The zero-order chi connectivity index (χ0) is 13.1. The number of hydrogen-bond donors (Lipinski definition) is 0. The van der Waals surface area contributed by atoms with E-state index in [0.717, 1.165) is 37.5 Å². The Morgan fingerprint density at radius 3 is 2.56 bits per heavy atom. The van der Waals surface area contributed by atoms with Gasteiger partial charge in [-0.15, -0.1) is 12.3 Å². The van der Waals surface area contributed by atoms with Crippen LogP contribution >= 0.6 is 0 Å². The first-order valence-electron chi connectivity index (χ1n) is 6.01. The number of carbonyl (C=O) groups excluding carboxylic acids is 1. The van der Waals surface area contributed by atoms with Crippen LogP contribution in [-0.2, 0) is 4.79 Å². The topological polar surface area (TPSA) is 17.1 Å². The molecule has 0 aliphatic rings. The Labute approximate surface area is 109 Å². The number of aldehydes is 1.